The first-order valence-corrected chi connectivity index (χ1v) is 7.96. The quantitative estimate of drug-likeness (QED) is 0.593. The highest BCUT2D eigenvalue weighted by molar-refractivity contribution is 5.89. The number of carbonyl (C=O) groups is 3. The average molecular weight is 348 g/mol. The predicted octanol–water partition coefficient (Wildman–Crippen LogP) is 2.08. The smallest absolute Gasteiger partial charge is 0.408 e. The van der Waals surface area contributed by atoms with E-state index in [1.807, 2.05) is 30.3 Å². The summed E-state index contributed by atoms with van der Waals surface area (Å²) in [7, 11) is 0. The maximum Gasteiger partial charge on any atom is 0.408 e. The van der Waals surface area contributed by atoms with Gasteiger partial charge in [0, 0.05) is 0 Å². The van der Waals surface area contributed by atoms with Crippen LogP contribution < -0.4 is 10.6 Å². The number of hydrogen-bond acceptors (Lipinski definition) is 4. The minimum atomic E-state index is -1.16. The van der Waals surface area contributed by atoms with Gasteiger partial charge in [-0.25, -0.2) is 9.59 Å². The zero-order valence-corrected chi connectivity index (χ0v) is 14.4. The van der Waals surface area contributed by atoms with E-state index in [-0.39, 0.29) is 18.9 Å². The Bertz CT molecular complexity index is 601. The molecule has 0 aliphatic rings. The van der Waals surface area contributed by atoms with Gasteiger partial charge in [0.05, 0.1) is 0 Å². The molecular formula is C18H24N2O5. The van der Waals surface area contributed by atoms with Crippen molar-refractivity contribution in [2.24, 2.45) is 5.92 Å². The number of carboxylic acids is 1. The first kappa shape index (κ1) is 20.2. The molecule has 0 bridgehead atoms. The van der Waals surface area contributed by atoms with Crippen LogP contribution in [0.4, 0.5) is 4.79 Å². The summed E-state index contributed by atoms with van der Waals surface area (Å²) < 4.78 is 5.10. The van der Waals surface area contributed by atoms with Crippen molar-refractivity contribution in [2.75, 3.05) is 0 Å². The van der Waals surface area contributed by atoms with Crippen molar-refractivity contribution in [3.8, 4) is 0 Å². The summed E-state index contributed by atoms with van der Waals surface area (Å²) in [5.41, 5.74) is 0.820. The lowest BCUT2D eigenvalue weighted by atomic mass is 10.0. The van der Waals surface area contributed by atoms with Crippen LogP contribution in [-0.4, -0.2) is 35.2 Å². The van der Waals surface area contributed by atoms with E-state index in [9.17, 15) is 14.4 Å². The number of rotatable bonds is 9. The van der Waals surface area contributed by atoms with E-state index < -0.39 is 30.1 Å². The van der Waals surface area contributed by atoms with Crippen LogP contribution in [0.3, 0.4) is 0 Å². The maximum atomic E-state index is 12.3. The molecule has 25 heavy (non-hydrogen) atoms. The van der Waals surface area contributed by atoms with Gasteiger partial charge in [-0.3, -0.25) is 4.79 Å². The van der Waals surface area contributed by atoms with Gasteiger partial charge in [-0.2, -0.15) is 0 Å². The van der Waals surface area contributed by atoms with E-state index in [0.29, 0.717) is 0 Å². The van der Waals surface area contributed by atoms with Crippen molar-refractivity contribution in [3.05, 3.63) is 48.6 Å². The van der Waals surface area contributed by atoms with Crippen molar-refractivity contribution in [3.63, 3.8) is 0 Å². The number of carboxylic acid groups (broad SMARTS) is 1. The van der Waals surface area contributed by atoms with Gasteiger partial charge in [0.1, 0.15) is 18.7 Å². The van der Waals surface area contributed by atoms with Gasteiger partial charge in [-0.1, -0.05) is 50.3 Å². The topological polar surface area (TPSA) is 105 Å². The number of nitrogens with one attached hydrogen (secondary N) is 2. The summed E-state index contributed by atoms with van der Waals surface area (Å²) >= 11 is 0. The molecule has 0 aliphatic heterocycles. The molecule has 1 rings (SSSR count). The van der Waals surface area contributed by atoms with Crippen molar-refractivity contribution in [2.45, 2.75) is 39.0 Å². The van der Waals surface area contributed by atoms with Crippen LogP contribution in [-0.2, 0) is 20.9 Å². The predicted molar refractivity (Wildman–Crippen MR) is 92.8 cm³/mol. The molecular weight excluding hydrogens is 324 g/mol. The zero-order valence-electron chi connectivity index (χ0n) is 14.4. The molecule has 2 atom stereocenters. The fourth-order valence-corrected chi connectivity index (χ4v) is 2.08. The standard InChI is InChI=1S/C18H24N2O5/c1-4-8-14(17(22)23)19-16(21)15(12(2)3)20-18(24)25-11-13-9-6-5-7-10-13/h4-7,9-10,12,14-15H,1,8,11H2,2-3H3,(H,19,21)(H,20,24)(H,22,23)/t14-,15-/m1/s1. The lowest BCUT2D eigenvalue weighted by Gasteiger charge is -2.23. The van der Waals surface area contributed by atoms with Gasteiger partial charge >= 0.3 is 12.1 Å². The first-order chi connectivity index (χ1) is 11.8. The fourth-order valence-electron chi connectivity index (χ4n) is 2.08. The molecule has 0 fully saturated rings. The molecule has 3 N–H and O–H groups in total. The van der Waals surface area contributed by atoms with Crippen LogP contribution >= 0.6 is 0 Å². The molecule has 136 valence electrons. The molecule has 0 unspecified atom stereocenters. The molecule has 0 saturated heterocycles. The Kier molecular flexibility index (Phi) is 8.18. The molecule has 7 nitrogen and oxygen atoms in total. The molecule has 7 heteroatoms. The second-order valence-electron chi connectivity index (χ2n) is 5.85. The third kappa shape index (κ3) is 7.07. The minimum absolute atomic E-state index is 0.0767. The second kappa shape index (κ2) is 10.1. The largest absolute Gasteiger partial charge is 0.480 e. The van der Waals surface area contributed by atoms with Gasteiger partial charge in [-0.15, -0.1) is 6.58 Å². The molecule has 0 radical (unpaired) electrons. The Morgan fingerprint density at radius 3 is 2.36 bits per heavy atom. The van der Waals surface area contributed by atoms with E-state index in [0.717, 1.165) is 5.56 Å². The molecule has 0 heterocycles. The fraction of sp³-hybridized carbons (Fsp3) is 0.389. The van der Waals surface area contributed by atoms with E-state index >= 15 is 0 Å². The number of amides is 2. The number of benzene rings is 1. The van der Waals surface area contributed by atoms with Crippen LogP contribution in [0.25, 0.3) is 0 Å². The second-order valence-corrected chi connectivity index (χ2v) is 5.85. The van der Waals surface area contributed by atoms with Crippen molar-refractivity contribution >= 4 is 18.0 Å². The van der Waals surface area contributed by atoms with Crippen molar-refractivity contribution in [1.82, 2.24) is 10.6 Å². The summed E-state index contributed by atoms with van der Waals surface area (Å²) in [6.45, 7) is 7.03. The Morgan fingerprint density at radius 2 is 1.84 bits per heavy atom. The highest BCUT2D eigenvalue weighted by atomic mass is 16.5. The monoisotopic (exact) mass is 348 g/mol. The number of aliphatic carboxylic acids is 1. The number of carbonyl (C=O) groups excluding carboxylic acids is 2. The van der Waals surface area contributed by atoms with Gasteiger partial charge in [-0.05, 0) is 17.9 Å². The van der Waals surface area contributed by atoms with Gasteiger partial charge in [0.2, 0.25) is 5.91 Å². The molecule has 1 aromatic carbocycles. The van der Waals surface area contributed by atoms with E-state index in [2.05, 4.69) is 17.2 Å². The molecule has 0 aliphatic carbocycles. The van der Waals surface area contributed by atoms with Gasteiger partial charge in [0.25, 0.3) is 0 Å². The van der Waals surface area contributed by atoms with Crippen molar-refractivity contribution < 1.29 is 24.2 Å². The van der Waals surface area contributed by atoms with Gasteiger partial charge in [0.15, 0.2) is 0 Å². The highest BCUT2D eigenvalue weighted by Crippen LogP contribution is 2.06. The molecule has 0 spiro atoms. The van der Waals surface area contributed by atoms with E-state index in [1.54, 1.807) is 13.8 Å². The van der Waals surface area contributed by atoms with E-state index in [4.69, 9.17) is 9.84 Å². The zero-order chi connectivity index (χ0) is 18.8. The highest BCUT2D eigenvalue weighted by Gasteiger charge is 2.28. The SMILES string of the molecule is C=CC[C@@H](NC(=O)[C@H](NC(=O)OCc1ccccc1)C(C)C)C(=O)O. The van der Waals surface area contributed by atoms with Crippen LogP contribution in [0.5, 0.6) is 0 Å². The summed E-state index contributed by atoms with van der Waals surface area (Å²) in [6, 6.07) is 7.13. The van der Waals surface area contributed by atoms with E-state index in [1.165, 1.54) is 6.08 Å². The third-order valence-electron chi connectivity index (χ3n) is 3.45. The van der Waals surface area contributed by atoms with Gasteiger partial charge < -0.3 is 20.5 Å². The number of hydrogen-bond donors (Lipinski definition) is 3. The van der Waals surface area contributed by atoms with Crippen LogP contribution in [0.15, 0.2) is 43.0 Å². The number of ether oxygens (including phenoxy) is 1. The molecule has 0 aromatic heterocycles. The Balaban J connectivity index is 2.62. The Labute approximate surface area is 147 Å². The lowest BCUT2D eigenvalue weighted by Crippen LogP contribution is -2.53. The van der Waals surface area contributed by atoms with Crippen molar-refractivity contribution in [1.29, 1.82) is 0 Å². The normalized spacial score (nSPS) is 12.8. The maximum absolute atomic E-state index is 12.3. The summed E-state index contributed by atoms with van der Waals surface area (Å²) in [6.07, 6.45) is 0.753. The Hall–Kier alpha value is -2.83. The lowest BCUT2D eigenvalue weighted by molar-refractivity contribution is -0.142. The minimum Gasteiger partial charge on any atom is -0.480 e. The van der Waals surface area contributed by atoms with Crippen LogP contribution in [0.1, 0.15) is 25.8 Å². The average Bonchev–Trinajstić information content (AvgIpc) is 2.57. The van der Waals surface area contributed by atoms with Crippen LogP contribution in [0, 0.1) is 5.92 Å². The molecule has 0 saturated carbocycles. The molecule has 2 amide bonds. The Morgan fingerprint density at radius 1 is 1.20 bits per heavy atom. The molecule has 1 aromatic rings. The number of alkyl carbamates (subject to hydrolysis) is 1. The summed E-state index contributed by atoms with van der Waals surface area (Å²) in [5, 5.41) is 14.0. The first-order valence-electron chi connectivity index (χ1n) is 7.96. The summed E-state index contributed by atoms with van der Waals surface area (Å²) in [5.74, 6) is -1.99. The van der Waals surface area contributed by atoms with Crippen LogP contribution in [0.2, 0.25) is 0 Å². The third-order valence-corrected chi connectivity index (χ3v) is 3.45. The summed E-state index contributed by atoms with van der Waals surface area (Å²) in [4.78, 5) is 35.4.